The lowest BCUT2D eigenvalue weighted by Crippen LogP contribution is -2.17. The standard InChI is InChI=1S/C16H14F2N2O3/c17-11-1-2-14(13(18)8-11)20-16(21)10-3-5-19-15(7-10)23-12-4-6-22-9-12/h1-3,5,7-8,12H,4,6,9H2,(H,20,21). The number of ether oxygens (including phenoxy) is 2. The summed E-state index contributed by atoms with van der Waals surface area (Å²) in [6.07, 6.45) is 2.11. The fraction of sp³-hybridized carbons (Fsp3) is 0.250. The second-order valence-corrected chi connectivity index (χ2v) is 5.06. The molecule has 5 nitrogen and oxygen atoms in total. The number of amides is 1. The van der Waals surface area contributed by atoms with Crippen LogP contribution in [-0.2, 0) is 4.74 Å². The van der Waals surface area contributed by atoms with E-state index in [2.05, 4.69) is 10.3 Å². The van der Waals surface area contributed by atoms with Crippen LogP contribution in [-0.4, -0.2) is 30.2 Å². The van der Waals surface area contributed by atoms with Crippen LogP contribution in [0.2, 0.25) is 0 Å². The van der Waals surface area contributed by atoms with Crippen LogP contribution in [0.25, 0.3) is 0 Å². The van der Waals surface area contributed by atoms with E-state index in [4.69, 9.17) is 9.47 Å². The van der Waals surface area contributed by atoms with Crippen molar-refractivity contribution in [3.63, 3.8) is 0 Å². The molecule has 1 saturated heterocycles. The molecule has 1 atom stereocenters. The fourth-order valence-corrected chi connectivity index (χ4v) is 2.18. The zero-order valence-corrected chi connectivity index (χ0v) is 12.1. The first-order chi connectivity index (χ1) is 11.1. The summed E-state index contributed by atoms with van der Waals surface area (Å²) in [6.45, 7) is 1.12. The van der Waals surface area contributed by atoms with Crippen molar-refractivity contribution < 1.29 is 23.0 Å². The molecule has 1 fully saturated rings. The first kappa shape index (κ1) is 15.4. The Morgan fingerprint density at radius 2 is 2.17 bits per heavy atom. The van der Waals surface area contributed by atoms with E-state index in [-0.39, 0.29) is 17.4 Å². The Morgan fingerprint density at radius 1 is 1.30 bits per heavy atom. The number of carbonyl (C=O) groups excluding carboxylic acids is 1. The second kappa shape index (κ2) is 6.70. The SMILES string of the molecule is O=C(Nc1ccc(F)cc1F)c1ccnc(OC2CCOC2)c1. The van der Waals surface area contributed by atoms with Crippen LogP contribution in [0.1, 0.15) is 16.8 Å². The molecule has 0 radical (unpaired) electrons. The van der Waals surface area contributed by atoms with E-state index >= 15 is 0 Å². The number of pyridine rings is 1. The van der Waals surface area contributed by atoms with Gasteiger partial charge in [-0.3, -0.25) is 4.79 Å². The quantitative estimate of drug-likeness (QED) is 0.941. The molecule has 0 saturated carbocycles. The fourth-order valence-electron chi connectivity index (χ4n) is 2.18. The molecular formula is C16H14F2N2O3. The van der Waals surface area contributed by atoms with Crippen LogP contribution in [0.15, 0.2) is 36.5 Å². The summed E-state index contributed by atoms with van der Waals surface area (Å²) in [5.74, 6) is -1.79. The maximum atomic E-state index is 13.6. The normalized spacial score (nSPS) is 17.0. The Hall–Kier alpha value is -2.54. The number of anilines is 1. The summed E-state index contributed by atoms with van der Waals surface area (Å²) in [7, 11) is 0. The van der Waals surface area contributed by atoms with Gasteiger partial charge in [-0.05, 0) is 18.2 Å². The lowest BCUT2D eigenvalue weighted by molar-refractivity contribution is 0.102. The number of halogens is 2. The van der Waals surface area contributed by atoms with Gasteiger partial charge >= 0.3 is 0 Å². The van der Waals surface area contributed by atoms with E-state index in [1.54, 1.807) is 0 Å². The largest absolute Gasteiger partial charge is 0.472 e. The van der Waals surface area contributed by atoms with Crippen molar-refractivity contribution in [2.45, 2.75) is 12.5 Å². The van der Waals surface area contributed by atoms with Crippen LogP contribution in [0.4, 0.5) is 14.5 Å². The number of nitrogens with zero attached hydrogens (tertiary/aromatic N) is 1. The zero-order valence-electron chi connectivity index (χ0n) is 12.1. The molecule has 120 valence electrons. The Bertz CT molecular complexity index is 718. The minimum absolute atomic E-state index is 0.0876. The van der Waals surface area contributed by atoms with E-state index in [1.165, 1.54) is 18.3 Å². The van der Waals surface area contributed by atoms with Gasteiger partial charge in [0.05, 0.1) is 18.9 Å². The third-order valence-corrected chi connectivity index (χ3v) is 3.35. The number of benzene rings is 1. The van der Waals surface area contributed by atoms with Crippen molar-refractivity contribution in [1.82, 2.24) is 4.98 Å². The predicted octanol–water partition coefficient (Wildman–Crippen LogP) is 2.78. The molecule has 1 aromatic carbocycles. The van der Waals surface area contributed by atoms with Crippen molar-refractivity contribution in [2.24, 2.45) is 0 Å². The molecule has 3 rings (SSSR count). The van der Waals surface area contributed by atoms with Gasteiger partial charge in [-0.25, -0.2) is 13.8 Å². The maximum absolute atomic E-state index is 13.6. The van der Waals surface area contributed by atoms with Crippen LogP contribution < -0.4 is 10.1 Å². The molecule has 1 amide bonds. The van der Waals surface area contributed by atoms with Gasteiger partial charge in [-0.2, -0.15) is 0 Å². The third kappa shape index (κ3) is 3.81. The van der Waals surface area contributed by atoms with E-state index in [9.17, 15) is 13.6 Å². The molecule has 1 aliphatic rings. The van der Waals surface area contributed by atoms with E-state index in [1.807, 2.05) is 0 Å². The summed E-state index contributed by atoms with van der Waals surface area (Å²) < 4.78 is 37.3. The molecule has 1 N–H and O–H groups in total. The number of nitrogens with one attached hydrogen (secondary N) is 1. The smallest absolute Gasteiger partial charge is 0.255 e. The lowest BCUT2D eigenvalue weighted by Gasteiger charge is -2.11. The Balaban J connectivity index is 1.71. The highest BCUT2D eigenvalue weighted by Gasteiger charge is 2.18. The molecular weight excluding hydrogens is 306 g/mol. The van der Waals surface area contributed by atoms with Crippen molar-refractivity contribution in [3.8, 4) is 5.88 Å². The van der Waals surface area contributed by atoms with Gasteiger partial charge in [0.15, 0.2) is 0 Å². The molecule has 1 unspecified atom stereocenters. The van der Waals surface area contributed by atoms with Gasteiger partial charge in [0.2, 0.25) is 5.88 Å². The minimum Gasteiger partial charge on any atom is -0.472 e. The average Bonchev–Trinajstić information content (AvgIpc) is 3.03. The van der Waals surface area contributed by atoms with Crippen LogP contribution in [0.5, 0.6) is 5.88 Å². The molecule has 7 heteroatoms. The molecule has 2 heterocycles. The molecule has 23 heavy (non-hydrogen) atoms. The van der Waals surface area contributed by atoms with Crippen molar-refractivity contribution >= 4 is 11.6 Å². The van der Waals surface area contributed by atoms with Crippen LogP contribution >= 0.6 is 0 Å². The van der Waals surface area contributed by atoms with Crippen LogP contribution in [0, 0.1) is 11.6 Å². The first-order valence-electron chi connectivity index (χ1n) is 7.08. The van der Waals surface area contributed by atoms with Gasteiger partial charge in [-0.15, -0.1) is 0 Å². The predicted molar refractivity (Wildman–Crippen MR) is 78.4 cm³/mol. The van der Waals surface area contributed by atoms with Gasteiger partial charge in [0, 0.05) is 30.3 Å². The Kier molecular flexibility index (Phi) is 4.47. The van der Waals surface area contributed by atoms with Crippen molar-refractivity contribution in [1.29, 1.82) is 0 Å². The maximum Gasteiger partial charge on any atom is 0.255 e. The molecule has 1 aromatic heterocycles. The number of hydrogen-bond donors (Lipinski definition) is 1. The third-order valence-electron chi connectivity index (χ3n) is 3.35. The molecule has 1 aliphatic heterocycles. The van der Waals surface area contributed by atoms with Crippen LogP contribution in [0.3, 0.4) is 0 Å². The molecule has 0 bridgehead atoms. The topological polar surface area (TPSA) is 60.5 Å². The first-order valence-corrected chi connectivity index (χ1v) is 7.08. The number of rotatable bonds is 4. The minimum atomic E-state index is -0.841. The van der Waals surface area contributed by atoms with Gasteiger partial charge in [0.25, 0.3) is 5.91 Å². The highest BCUT2D eigenvalue weighted by Crippen LogP contribution is 2.19. The lowest BCUT2D eigenvalue weighted by atomic mass is 10.2. The second-order valence-electron chi connectivity index (χ2n) is 5.06. The van der Waals surface area contributed by atoms with E-state index in [0.29, 0.717) is 25.2 Å². The number of aromatic nitrogens is 1. The summed E-state index contributed by atoms with van der Waals surface area (Å²) >= 11 is 0. The Labute approximate surface area is 131 Å². The summed E-state index contributed by atoms with van der Waals surface area (Å²) in [5.41, 5.74) is 0.164. The highest BCUT2D eigenvalue weighted by molar-refractivity contribution is 6.04. The van der Waals surface area contributed by atoms with Gasteiger partial charge in [0.1, 0.15) is 17.7 Å². The van der Waals surface area contributed by atoms with Gasteiger partial charge < -0.3 is 14.8 Å². The summed E-state index contributed by atoms with van der Waals surface area (Å²) in [4.78, 5) is 16.2. The van der Waals surface area contributed by atoms with Crippen molar-refractivity contribution in [3.05, 3.63) is 53.7 Å². The number of carbonyl (C=O) groups is 1. The monoisotopic (exact) mass is 320 g/mol. The Morgan fingerprint density at radius 3 is 2.91 bits per heavy atom. The van der Waals surface area contributed by atoms with E-state index < -0.39 is 17.5 Å². The highest BCUT2D eigenvalue weighted by atomic mass is 19.1. The average molecular weight is 320 g/mol. The zero-order chi connectivity index (χ0) is 16.2. The van der Waals surface area contributed by atoms with Gasteiger partial charge in [-0.1, -0.05) is 0 Å². The number of hydrogen-bond acceptors (Lipinski definition) is 4. The summed E-state index contributed by atoms with van der Waals surface area (Å²) in [6, 6.07) is 5.89. The molecule has 0 aliphatic carbocycles. The van der Waals surface area contributed by atoms with E-state index in [0.717, 1.165) is 18.6 Å². The summed E-state index contributed by atoms with van der Waals surface area (Å²) in [5, 5.41) is 2.39. The molecule has 0 spiro atoms. The van der Waals surface area contributed by atoms with Crippen molar-refractivity contribution in [2.75, 3.05) is 18.5 Å². The molecule has 2 aromatic rings.